The molecule has 2 aliphatic rings. The maximum absolute atomic E-state index is 5.19. The number of hydrogen-bond acceptors (Lipinski definition) is 5. The second-order valence-corrected chi connectivity index (χ2v) is 17.1. The molecule has 5 heteroatoms. The first kappa shape index (κ1) is 37.7. The molecule has 0 bridgehead atoms. The van der Waals surface area contributed by atoms with Crippen molar-refractivity contribution in [1.82, 2.24) is 14.9 Å². The molecule has 5 nitrogen and oxygen atoms in total. The van der Waals surface area contributed by atoms with E-state index in [2.05, 4.69) is 235 Å². The summed E-state index contributed by atoms with van der Waals surface area (Å²) in [6.45, 7) is 0. The van der Waals surface area contributed by atoms with Gasteiger partial charge in [0.05, 0.1) is 22.8 Å². The molecule has 1 aromatic heterocycles. The molecule has 2 aliphatic heterocycles. The Kier molecular flexibility index (Phi) is 8.84. The number of guanidine groups is 1. The summed E-state index contributed by atoms with van der Waals surface area (Å²) in [5.41, 5.74) is 12.4. The van der Waals surface area contributed by atoms with Crippen LogP contribution in [-0.2, 0) is 0 Å². The van der Waals surface area contributed by atoms with E-state index in [4.69, 9.17) is 20.0 Å². The summed E-state index contributed by atoms with van der Waals surface area (Å²) >= 11 is 0. The number of allylic oxidation sites excluding steroid dienone is 1. The zero-order valence-corrected chi connectivity index (χ0v) is 35.8. The van der Waals surface area contributed by atoms with Crippen molar-refractivity contribution in [2.24, 2.45) is 9.98 Å². The molecule has 0 fully saturated rings. The minimum absolute atomic E-state index is 0.192. The molecule has 308 valence electrons. The summed E-state index contributed by atoms with van der Waals surface area (Å²) in [7, 11) is 0. The molecule has 0 radical (unpaired) electrons. The zero-order valence-electron chi connectivity index (χ0n) is 35.8. The van der Waals surface area contributed by atoms with Crippen molar-refractivity contribution < 1.29 is 0 Å². The molecule has 10 aromatic carbocycles. The zero-order chi connectivity index (χ0) is 43.6. The summed E-state index contributed by atoms with van der Waals surface area (Å²) < 4.78 is 0. The number of fused-ring (bicyclic) bond motifs is 5. The summed E-state index contributed by atoms with van der Waals surface area (Å²) in [5, 5.41) is 9.55. The molecule has 0 saturated heterocycles. The maximum atomic E-state index is 5.19. The minimum atomic E-state index is -0.192. The third-order valence-electron chi connectivity index (χ3n) is 13.0. The number of aromatic nitrogens is 2. The van der Waals surface area contributed by atoms with Crippen LogP contribution < -0.4 is 0 Å². The first-order valence-electron chi connectivity index (χ1n) is 22.4. The van der Waals surface area contributed by atoms with Crippen molar-refractivity contribution in [2.45, 2.75) is 6.17 Å². The third kappa shape index (κ3) is 6.73. The first-order valence-corrected chi connectivity index (χ1v) is 22.4. The molecule has 0 spiro atoms. The van der Waals surface area contributed by atoms with E-state index in [9.17, 15) is 0 Å². The van der Waals surface area contributed by atoms with Crippen LogP contribution in [0.3, 0.4) is 0 Å². The maximum Gasteiger partial charge on any atom is 0.230 e. The lowest BCUT2D eigenvalue weighted by Gasteiger charge is -2.42. The standard InChI is InChI=1S/C61H39N5/c1-5-13-47-33-51(29-21-39(47)9-1)56-37-55(62-59(63-56)54-32-24-42-12-4-8-16-50(42)36-54)45-25-17-43(18-26-45)44-19-27-46(28-20-44)60-65-61-64-57(52-30-22-40-10-2-6-14-48(40)34-52)38-58(66(60)61)53-31-23-41-11-3-7-15-49(41)35-53/h1-38,60H. The van der Waals surface area contributed by atoms with Crippen LogP contribution in [0.1, 0.15) is 22.9 Å². The van der Waals surface area contributed by atoms with Gasteiger partial charge in [0, 0.05) is 22.3 Å². The molecule has 0 saturated carbocycles. The molecule has 13 rings (SSSR count). The van der Waals surface area contributed by atoms with E-state index in [1.54, 1.807) is 0 Å². The minimum Gasteiger partial charge on any atom is -0.283 e. The van der Waals surface area contributed by atoms with E-state index in [1.165, 1.54) is 37.7 Å². The Morgan fingerprint density at radius 2 is 0.742 bits per heavy atom. The van der Waals surface area contributed by atoms with Crippen LogP contribution in [0.15, 0.2) is 241 Å². The van der Waals surface area contributed by atoms with Crippen molar-refractivity contribution in [1.29, 1.82) is 0 Å². The predicted molar refractivity (Wildman–Crippen MR) is 273 cm³/mol. The van der Waals surface area contributed by atoms with Gasteiger partial charge in [-0.2, -0.15) is 0 Å². The van der Waals surface area contributed by atoms with Gasteiger partial charge in [-0.15, -0.1) is 0 Å². The van der Waals surface area contributed by atoms with Crippen molar-refractivity contribution in [3.63, 3.8) is 0 Å². The van der Waals surface area contributed by atoms with Gasteiger partial charge in [0.2, 0.25) is 5.96 Å². The van der Waals surface area contributed by atoms with Crippen molar-refractivity contribution >= 4 is 60.5 Å². The van der Waals surface area contributed by atoms with Gasteiger partial charge >= 0.3 is 0 Å². The quantitative estimate of drug-likeness (QED) is 0.161. The second kappa shape index (κ2) is 15.5. The Bertz CT molecular complexity index is 3730. The highest BCUT2D eigenvalue weighted by atomic mass is 15.4. The van der Waals surface area contributed by atoms with Crippen LogP contribution in [0.5, 0.6) is 0 Å². The van der Waals surface area contributed by atoms with E-state index < -0.39 is 0 Å². The third-order valence-corrected chi connectivity index (χ3v) is 13.0. The molecule has 0 amide bonds. The lowest BCUT2D eigenvalue weighted by molar-refractivity contribution is 0.377. The average molecular weight is 842 g/mol. The monoisotopic (exact) mass is 841 g/mol. The van der Waals surface area contributed by atoms with Crippen LogP contribution >= 0.6 is 0 Å². The predicted octanol–water partition coefficient (Wildman–Crippen LogP) is 15.0. The van der Waals surface area contributed by atoms with E-state index in [0.717, 1.165) is 78.6 Å². The summed E-state index contributed by atoms with van der Waals surface area (Å²) in [6.07, 6.45) is 2.03. The Labute approximate surface area is 382 Å². The van der Waals surface area contributed by atoms with Crippen LogP contribution in [0.25, 0.3) is 93.8 Å². The average Bonchev–Trinajstić information content (AvgIpc) is 3.38. The summed E-state index contributed by atoms with van der Waals surface area (Å²) in [6, 6.07) is 79.7. The fraction of sp³-hybridized carbons (Fsp3) is 0.0164. The Morgan fingerprint density at radius 3 is 1.32 bits per heavy atom. The van der Waals surface area contributed by atoms with Gasteiger partial charge in [0.15, 0.2) is 12.0 Å². The van der Waals surface area contributed by atoms with Gasteiger partial charge in [-0.05, 0) is 102 Å². The van der Waals surface area contributed by atoms with Crippen molar-refractivity contribution in [3.05, 3.63) is 247 Å². The fourth-order valence-electron chi connectivity index (χ4n) is 9.47. The molecule has 3 heterocycles. The van der Waals surface area contributed by atoms with Crippen molar-refractivity contribution in [3.8, 4) is 45.0 Å². The van der Waals surface area contributed by atoms with Gasteiger partial charge in [0.1, 0.15) is 0 Å². The smallest absolute Gasteiger partial charge is 0.230 e. The number of rotatable bonds is 7. The van der Waals surface area contributed by atoms with Gasteiger partial charge < -0.3 is 0 Å². The first-order chi connectivity index (χ1) is 32.6. The van der Waals surface area contributed by atoms with Crippen LogP contribution in [0.2, 0.25) is 0 Å². The van der Waals surface area contributed by atoms with Gasteiger partial charge in [-0.25, -0.2) is 20.0 Å². The lowest BCUT2D eigenvalue weighted by atomic mass is 9.96. The van der Waals surface area contributed by atoms with E-state index >= 15 is 0 Å². The fourth-order valence-corrected chi connectivity index (χ4v) is 9.47. The van der Waals surface area contributed by atoms with E-state index in [1.807, 2.05) is 0 Å². The van der Waals surface area contributed by atoms with Crippen LogP contribution in [0, 0.1) is 0 Å². The Morgan fingerprint density at radius 1 is 0.333 bits per heavy atom. The number of aliphatic imine (C=N–C) groups is 2. The Hall–Kier alpha value is -8.80. The largest absolute Gasteiger partial charge is 0.283 e. The molecule has 1 atom stereocenters. The highest BCUT2D eigenvalue weighted by molar-refractivity contribution is 6.22. The highest BCUT2D eigenvalue weighted by Crippen LogP contribution is 2.42. The van der Waals surface area contributed by atoms with Crippen LogP contribution in [-0.4, -0.2) is 26.5 Å². The molecule has 11 aromatic rings. The van der Waals surface area contributed by atoms with Crippen LogP contribution in [0.4, 0.5) is 0 Å². The van der Waals surface area contributed by atoms with Gasteiger partial charge in [-0.3, -0.25) is 4.90 Å². The highest BCUT2D eigenvalue weighted by Gasteiger charge is 2.38. The molecule has 1 unspecified atom stereocenters. The summed E-state index contributed by atoms with van der Waals surface area (Å²) in [5.74, 6) is 1.43. The Balaban J connectivity index is 0.821. The number of nitrogens with zero attached hydrogens (tertiary/aromatic N) is 5. The topological polar surface area (TPSA) is 53.7 Å². The SMILES string of the molecule is C1=C(c2ccc3ccccc3c2)N2C(=NC2c2ccc(-c3ccc(-c4cc(-c5ccc6ccccc6c5)nc(-c5ccc6ccccc6c5)n4)cc3)cc2)N=C1c1ccc2ccccc2c1. The molecular formula is C61H39N5. The molecule has 66 heavy (non-hydrogen) atoms. The van der Waals surface area contributed by atoms with Gasteiger partial charge in [0.25, 0.3) is 0 Å². The molecular weight excluding hydrogens is 803 g/mol. The molecule has 0 N–H and O–H groups in total. The van der Waals surface area contributed by atoms with E-state index in [-0.39, 0.29) is 6.17 Å². The summed E-state index contributed by atoms with van der Waals surface area (Å²) in [4.78, 5) is 22.9. The number of hydrogen-bond donors (Lipinski definition) is 0. The van der Waals surface area contributed by atoms with E-state index in [0.29, 0.717) is 5.82 Å². The second-order valence-electron chi connectivity index (χ2n) is 17.1. The molecule has 0 aliphatic carbocycles. The van der Waals surface area contributed by atoms with Gasteiger partial charge in [-0.1, -0.05) is 194 Å². The van der Waals surface area contributed by atoms with Crippen molar-refractivity contribution in [2.75, 3.05) is 0 Å². The number of benzene rings is 10. The normalized spacial score (nSPS) is 14.5. The lowest BCUT2D eigenvalue weighted by Crippen LogP contribution is -2.43.